The Morgan fingerprint density at radius 1 is 1.42 bits per heavy atom. The number of hydrogen-bond donors (Lipinski definition) is 1. The van der Waals surface area contributed by atoms with Gasteiger partial charge in [0.05, 0.1) is 5.03 Å². The summed E-state index contributed by atoms with van der Waals surface area (Å²) < 4.78 is 0. The molecule has 1 aromatic carbocycles. The van der Waals surface area contributed by atoms with Gasteiger partial charge >= 0.3 is 0 Å². The summed E-state index contributed by atoms with van der Waals surface area (Å²) in [6, 6.07) is 11.9. The van der Waals surface area contributed by atoms with E-state index in [4.69, 9.17) is 11.0 Å². The van der Waals surface area contributed by atoms with Gasteiger partial charge < -0.3 is 10.6 Å². The third-order valence-corrected chi connectivity index (χ3v) is 4.12. The summed E-state index contributed by atoms with van der Waals surface area (Å²) in [6.07, 6.45) is 1.04. The first kappa shape index (κ1) is 13.5. The van der Waals surface area contributed by atoms with E-state index in [1.807, 2.05) is 36.4 Å². The van der Waals surface area contributed by atoms with E-state index in [1.54, 1.807) is 0 Å². The zero-order valence-corrected chi connectivity index (χ0v) is 11.3. The van der Waals surface area contributed by atoms with Crippen LogP contribution >= 0.6 is 11.8 Å². The van der Waals surface area contributed by atoms with Crippen molar-refractivity contribution < 1.29 is 4.79 Å². The van der Waals surface area contributed by atoms with Crippen molar-refractivity contribution in [2.75, 3.05) is 12.3 Å². The van der Waals surface area contributed by atoms with Gasteiger partial charge in [-0.05, 0) is 12.0 Å². The molecule has 98 valence electrons. The number of nitriles is 1. The van der Waals surface area contributed by atoms with E-state index >= 15 is 0 Å². The number of amides is 1. The van der Waals surface area contributed by atoms with Gasteiger partial charge in [-0.15, -0.1) is 11.8 Å². The van der Waals surface area contributed by atoms with Crippen molar-refractivity contribution >= 4 is 17.7 Å². The maximum Gasteiger partial charge on any atom is 0.262 e. The van der Waals surface area contributed by atoms with Crippen LogP contribution in [0.25, 0.3) is 0 Å². The predicted octanol–water partition coefficient (Wildman–Crippen LogP) is 1.85. The number of primary amides is 1. The smallest absolute Gasteiger partial charge is 0.262 e. The molecule has 0 atom stereocenters. The lowest BCUT2D eigenvalue weighted by atomic mass is 10.2. The average Bonchev–Trinajstić information content (AvgIpc) is 2.42. The predicted molar refractivity (Wildman–Crippen MR) is 75.8 cm³/mol. The average molecular weight is 273 g/mol. The molecule has 5 heteroatoms. The number of thioether (sulfide) groups is 1. The number of carbonyl (C=O) groups is 1. The number of benzene rings is 1. The number of hydrogen-bond acceptors (Lipinski definition) is 4. The Bertz CT molecular complexity index is 533. The summed E-state index contributed by atoms with van der Waals surface area (Å²) in [7, 11) is 0. The summed E-state index contributed by atoms with van der Waals surface area (Å²) in [5.41, 5.74) is 6.50. The second-order valence-electron chi connectivity index (χ2n) is 4.27. The fourth-order valence-corrected chi connectivity index (χ4v) is 3.11. The van der Waals surface area contributed by atoms with Crippen LogP contribution in [0.3, 0.4) is 0 Å². The largest absolute Gasteiger partial charge is 0.365 e. The van der Waals surface area contributed by atoms with Crippen LogP contribution < -0.4 is 5.73 Å². The molecule has 2 N–H and O–H groups in total. The molecular formula is C14H15N3OS. The summed E-state index contributed by atoms with van der Waals surface area (Å²) in [5.74, 6) is 0.268. The first-order valence-electron chi connectivity index (χ1n) is 6.08. The number of nitrogens with two attached hydrogens (primary N) is 1. The van der Waals surface area contributed by atoms with Crippen molar-refractivity contribution in [3.8, 4) is 6.07 Å². The summed E-state index contributed by atoms with van der Waals surface area (Å²) >= 11 is 1.53. The molecule has 1 aliphatic heterocycles. The Labute approximate surface area is 116 Å². The molecule has 1 heterocycles. The van der Waals surface area contributed by atoms with Gasteiger partial charge in [-0.2, -0.15) is 5.26 Å². The van der Waals surface area contributed by atoms with E-state index in [-0.39, 0.29) is 5.57 Å². The standard InChI is InChI=1S/C14H15N3OS/c15-9-12(13(16)18)14-17(7-4-8-19-14)10-11-5-2-1-3-6-11/h1-3,5-6H,4,7-8,10H2,(H2,16,18)/b14-12+. The minimum absolute atomic E-state index is 0.0700. The second-order valence-corrected chi connectivity index (χ2v) is 5.35. The topological polar surface area (TPSA) is 70.1 Å². The zero-order valence-electron chi connectivity index (χ0n) is 10.5. The molecule has 0 spiro atoms. The maximum absolute atomic E-state index is 11.3. The lowest BCUT2D eigenvalue weighted by Gasteiger charge is -2.31. The monoisotopic (exact) mass is 273 g/mol. The Hall–Kier alpha value is -1.93. The van der Waals surface area contributed by atoms with Crippen LogP contribution in [0.2, 0.25) is 0 Å². The van der Waals surface area contributed by atoms with E-state index in [0.717, 1.165) is 24.3 Å². The molecule has 19 heavy (non-hydrogen) atoms. The fourth-order valence-electron chi connectivity index (χ4n) is 2.01. The van der Waals surface area contributed by atoms with Crippen LogP contribution in [0.4, 0.5) is 0 Å². The molecule has 0 unspecified atom stereocenters. The van der Waals surface area contributed by atoms with Gasteiger partial charge in [-0.1, -0.05) is 30.3 Å². The van der Waals surface area contributed by atoms with E-state index in [1.165, 1.54) is 11.8 Å². The molecule has 1 fully saturated rings. The molecule has 1 saturated heterocycles. The summed E-state index contributed by atoms with van der Waals surface area (Å²) in [4.78, 5) is 13.4. The van der Waals surface area contributed by atoms with Crippen molar-refractivity contribution in [3.63, 3.8) is 0 Å². The molecule has 0 radical (unpaired) electrons. The summed E-state index contributed by atoms with van der Waals surface area (Å²) in [5, 5.41) is 9.80. The minimum atomic E-state index is -0.648. The van der Waals surface area contributed by atoms with Crippen LogP contribution in [0.1, 0.15) is 12.0 Å². The minimum Gasteiger partial charge on any atom is -0.365 e. The molecular weight excluding hydrogens is 258 g/mol. The fraction of sp³-hybridized carbons (Fsp3) is 0.286. The van der Waals surface area contributed by atoms with Crippen LogP contribution in [-0.4, -0.2) is 23.1 Å². The van der Waals surface area contributed by atoms with Crippen molar-refractivity contribution in [1.82, 2.24) is 4.90 Å². The lowest BCUT2D eigenvalue weighted by molar-refractivity contribution is -0.114. The van der Waals surface area contributed by atoms with Gasteiger partial charge in [0.1, 0.15) is 11.6 Å². The molecule has 0 aliphatic carbocycles. The molecule has 4 nitrogen and oxygen atoms in total. The molecule has 2 rings (SSSR count). The molecule has 1 aliphatic rings. The quantitative estimate of drug-likeness (QED) is 0.674. The molecule has 0 aromatic heterocycles. The normalized spacial score (nSPS) is 17.7. The second kappa shape index (κ2) is 6.30. The van der Waals surface area contributed by atoms with Crippen molar-refractivity contribution in [2.24, 2.45) is 5.73 Å². The molecule has 0 saturated carbocycles. The molecule has 0 bridgehead atoms. The van der Waals surface area contributed by atoms with E-state index in [2.05, 4.69) is 4.90 Å². The Morgan fingerprint density at radius 2 is 2.16 bits per heavy atom. The van der Waals surface area contributed by atoms with Crippen molar-refractivity contribution in [3.05, 3.63) is 46.5 Å². The van der Waals surface area contributed by atoms with E-state index in [9.17, 15) is 4.79 Å². The third-order valence-electron chi connectivity index (χ3n) is 2.89. The molecule has 1 aromatic rings. The van der Waals surface area contributed by atoms with Gasteiger partial charge in [0.2, 0.25) is 0 Å². The highest BCUT2D eigenvalue weighted by atomic mass is 32.2. The van der Waals surface area contributed by atoms with Crippen molar-refractivity contribution in [1.29, 1.82) is 5.26 Å². The third kappa shape index (κ3) is 3.30. The Balaban J connectivity index is 2.27. The van der Waals surface area contributed by atoms with E-state index in [0.29, 0.717) is 11.6 Å². The first-order valence-corrected chi connectivity index (χ1v) is 7.07. The number of carbonyl (C=O) groups excluding carboxylic acids is 1. The van der Waals surface area contributed by atoms with Gasteiger partial charge in [-0.3, -0.25) is 4.79 Å². The van der Waals surface area contributed by atoms with E-state index < -0.39 is 5.91 Å². The highest BCUT2D eigenvalue weighted by molar-refractivity contribution is 8.03. The van der Waals surface area contributed by atoms with Crippen LogP contribution in [0.5, 0.6) is 0 Å². The maximum atomic E-state index is 11.3. The van der Waals surface area contributed by atoms with Crippen LogP contribution in [0.15, 0.2) is 40.9 Å². The number of nitrogens with zero attached hydrogens (tertiary/aromatic N) is 2. The van der Waals surface area contributed by atoms with Gasteiger partial charge in [-0.25, -0.2) is 0 Å². The molecule has 1 amide bonds. The highest BCUT2D eigenvalue weighted by Gasteiger charge is 2.22. The number of rotatable bonds is 3. The summed E-state index contributed by atoms with van der Waals surface area (Å²) in [6.45, 7) is 1.54. The highest BCUT2D eigenvalue weighted by Crippen LogP contribution is 2.30. The van der Waals surface area contributed by atoms with Crippen LogP contribution in [-0.2, 0) is 11.3 Å². The Kier molecular flexibility index (Phi) is 4.48. The van der Waals surface area contributed by atoms with Gasteiger partial charge in [0.15, 0.2) is 0 Å². The first-order chi connectivity index (χ1) is 9.22. The zero-order chi connectivity index (χ0) is 13.7. The van der Waals surface area contributed by atoms with Gasteiger partial charge in [0.25, 0.3) is 5.91 Å². The van der Waals surface area contributed by atoms with Crippen molar-refractivity contribution in [2.45, 2.75) is 13.0 Å². The SMILES string of the molecule is N#C/C(C(N)=O)=C1\SCCCN1Cc1ccccc1. The van der Waals surface area contributed by atoms with Gasteiger partial charge in [0, 0.05) is 18.8 Å². The Morgan fingerprint density at radius 3 is 2.79 bits per heavy atom. The van der Waals surface area contributed by atoms with Crippen LogP contribution in [0, 0.1) is 11.3 Å². The lowest BCUT2D eigenvalue weighted by Crippen LogP contribution is -2.30.